The Kier molecular flexibility index (Phi) is 2.59. The van der Waals surface area contributed by atoms with E-state index in [1.807, 2.05) is 38.4 Å². The molecule has 0 aliphatic rings. The number of nitrogens with zero attached hydrogens (tertiary/aromatic N) is 3. The molecule has 1 aromatic carbocycles. The summed E-state index contributed by atoms with van der Waals surface area (Å²) >= 11 is 0. The Morgan fingerprint density at radius 3 is 2.79 bits per heavy atom. The van der Waals surface area contributed by atoms with Crippen molar-refractivity contribution in [1.82, 2.24) is 14.9 Å². The minimum absolute atomic E-state index is 0.324. The average molecular weight is 254 g/mol. The van der Waals surface area contributed by atoms with Crippen molar-refractivity contribution in [2.45, 2.75) is 6.92 Å². The van der Waals surface area contributed by atoms with Crippen molar-refractivity contribution < 1.29 is 4.52 Å². The summed E-state index contributed by atoms with van der Waals surface area (Å²) in [5.74, 6) is 0.324. The number of benzene rings is 1. The van der Waals surface area contributed by atoms with Crippen molar-refractivity contribution >= 4 is 5.88 Å². The summed E-state index contributed by atoms with van der Waals surface area (Å²) in [6.45, 7) is 2.04. The van der Waals surface area contributed by atoms with Gasteiger partial charge in [-0.15, -0.1) is 0 Å². The fourth-order valence-electron chi connectivity index (χ4n) is 2.12. The molecule has 0 aliphatic carbocycles. The van der Waals surface area contributed by atoms with Gasteiger partial charge in [0.25, 0.3) is 0 Å². The van der Waals surface area contributed by atoms with Crippen LogP contribution in [0.1, 0.15) is 5.56 Å². The van der Waals surface area contributed by atoms with E-state index in [9.17, 15) is 0 Å². The van der Waals surface area contributed by atoms with Gasteiger partial charge >= 0.3 is 0 Å². The minimum atomic E-state index is 0.324. The number of rotatable bonds is 2. The highest BCUT2D eigenvalue weighted by atomic mass is 16.5. The van der Waals surface area contributed by atoms with Gasteiger partial charge in [-0.1, -0.05) is 35.0 Å². The molecule has 3 rings (SSSR count). The van der Waals surface area contributed by atoms with Crippen LogP contribution in [0.4, 0.5) is 5.88 Å². The molecule has 0 amide bonds. The lowest BCUT2D eigenvalue weighted by atomic mass is 10.0. The van der Waals surface area contributed by atoms with Gasteiger partial charge in [0.1, 0.15) is 5.69 Å². The van der Waals surface area contributed by atoms with Gasteiger partial charge in [0.15, 0.2) is 0 Å². The summed E-state index contributed by atoms with van der Waals surface area (Å²) in [6, 6.07) is 8.08. The summed E-state index contributed by atoms with van der Waals surface area (Å²) in [7, 11) is 1.86. The summed E-state index contributed by atoms with van der Waals surface area (Å²) in [5, 5.41) is 8.20. The quantitative estimate of drug-likeness (QED) is 0.763. The minimum Gasteiger partial charge on any atom is -0.367 e. The predicted octanol–water partition coefficient (Wildman–Crippen LogP) is 2.63. The van der Waals surface area contributed by atoms with Gasteiger partial charge in [0.05, 0.1) is 11.8 Å². The number of nitrogen functional groups attached to an aromatic ring is 1. The van der Waals surface area contributed by atoms with Gasteiger partial charge in [-0.3, -0.25) is 4.68 Å². The number of aryl methyl sites for hydroxylation is 2. The Bertz CT molecular complexity index is 727. The van der Waals surface area contributed by atoms with E-state index >= 15 is 0 Å². The zero-order chi connectivity index (χ0) is 13.4. The fraction of sp³-hybridized carbons (Fsp3) is 0.143. The topological polar surface area (TPSA) is 69.9 Å². The Morgan fingerprint density at radius 2 is 2.11 bits per heavy atom. The molecule has 0 saturated heterocycles. The molecule has 5 nitrogen and oxygen atoms in total. The number of aromatic nitrogens is 3. The maximum atomic E-state index is 5.91. The van der Waals surface area contributed by atoms with E-state index < -0.39 is 0 Å². The van der Waals surface area contributed by atoms with Crippen molar-refractivity contribution in [3.05, 3.63) is 42.2 Å². The SMILES string of the molecule is Cc1cccc(-c2c(-c3cnn(C)c3)noc2N)c1. The lowest BCUT2D eigenvalue weighted by Crippen LogP contribution is -1.88. The summed E-state index contributed by atoms with van der Waals surface area (Å²) in [5.41, 5.74) is 10.5. The van der Waals surface area contributed by atoms with Crippen molar-refractivity contribution in [2.24, 2.45) is 7.05 Å². The maximum Gasteiger partial charge on any atom is 0.230 e. The van der Waals surface area contributed by atoms with Crippen molar-refractivity contribution in [2.75, 3.05) is 5.73 Å². The van der Waals surface area contributed by atoms with Crippen LogP contribution in [0.15, 0.2) is 41.2 Å². The summed E-state index contributed by atoms with van der Waals surface area (Å²) in [6.07, 6.45) is 3.63. The zero-order valence-corrected chi connectivity index (χ0v) is 10.8. The van der Waals surface area contributed by atoms with E-state index in [1.54, 1.807) is 10.9 Å². The highest BCUT2D eigenvalue weighted by molar-refractivity contribution is 5.86. The largest absolute Gasteiger partial charge is 0.367 e. The molecule has 2 aromatic heterocycles. The molecule has 2 heterocycles. The molecule has 0 fully saturated rings. The lowest BCUT2D eigenvalue weighted by molar-refractivity contribution is 0.439. The second kappa shape index (κ2) is 4.28. The molecular formula is C14H14N4O. The van der Waals surface area contributed by atoms with Crippen LogP contribution in [0.25, 0.3) is 22.4 Å². The highest BCUT2D eigenvalue weighted by Gasteiger charge is 2.18. The number of hydrogen-bond donors (Lipinski definition) is 1. The molecule has 3 aromatic rings. The molecule has 0 atom stereocenters. The molecule has 0 spiro atoms. The van der Waals surface area contributed by atoms with Crippen LogP contribution in [0.2, 0.25) is 0 Å². The maximum absolute atomic E-state index is 5.91. The fourth-order valence-corrected chi connectivity index (χ4v) is 2.12. The van der Waals surface area contributed by atoms with Gasteiger partial charge < -0.3 is 10.3 Å². The molecule has 19 heavy (non-hydrogen) atoms. The van der Waals surface area contributed by atoms with E-state index in [2.05, 4.69) is 16.3 Å². The van der Waals surface area contributed by atoms with Crippen LogP contribution < -0.4 is 5.73 Å². The standard InChI is InChI=1S/C14H14N4O/c1-9-4-3-5-10(6-9)12-13(17-19-14(12)15)11-7-16-18(2)8-11/h3-8H,15H2,1-2H3. The molecule has 0 unspecified atom stereocenters. The van der Waals surface area contributed by atoms with Gasteiger partial charge in [0.2, 0.25) is 5.88 Å². The average Bonchev–Trinajstić information content (AvgIpc) is 2.95. The van der Waals surface area contributed by atoms with Gasteiger partial charge in [0, 0.05) is 18.8 Å². The first-order valence-corrected chi connectivity index (χ1v) is 5.96. The monoisotopic (exact) mass is 254 g/mol. The molecule has 0 bridgehead atoms. The molecule has 0 aliphatic heterocycles. The molecule has 96 valence electrons. The lowest BCUT2D eigenvalue weighted by Gasteiger charge is -2.02. The Morgan fingerprint density at radius 1 is 1.26 bits per heavy atom. The molecule has 5 heteroatoms. The van der Waals surface area contributed by atoms with Gasteiger partial charge in [-0.2, -0.15) is 5.10 Å². The Balaban J connectivity index is 2.19. The first-order valence-electron chi connectivity index (χ1n) is 5.96. The Hall–Kier alpha value is -2.56. The highest BCUT2D eigenvalue weighted by Crippen LogP contribution is 2.36. The smallest absolute Gasteiger partial charge is 0.230 e. The van der Waals surface area contributed by atoms with Gasteiger partial charge in [-0.05, 0) is 12.5 Å². The molecule has 2 N–H and O–H groups in total. The predicted molar refractivity (Wildman–Crippen MR) is 73.3 cm³/mol. The van der Waals surface area contributed by atoms with Crippen molar-refractivity contribution in [1.29, 1.82) is 0 Å². The van der Waals surface area contributed by atoms with E-state index in [-0.39, 0.29) is 0 Å². The van der Waals surface area contributed by atoms with Crippen LogP contribution in [0, 0.1) is 6.92 Å². The first-order chi connectivity index (χ1) is 9.15. The van der Waals surface area contributed by atoms with Crippen LogP contribution in [-0.4, -0.2) is 14.9 Å². The van der Waals surface area contributed by atoms with Crippen LogP contribution >= 0.6 is 0 Å². The molecule has 0 radical (unpaired) electrons. The second-order valence-electron chi connectivity index (χ2n) is 4.54. The van der Waals surface area contributed by atoms with E-state index in [1.165, 1.54) is 0 Å². The van der Waals surface area contributed by atoms with Crippen LogP contribution in [-0.2, 0) is 7.05 Å². The Labute approximate surface area is 110 Å². The van der Waals surface area contributed by atoms with Gasteiger partial charge in [-0.25, -0.2) is 0 Å². The third kappa shape index (κ3) is 1.99. The normalized spacial score (nSPS) is 10.8. The number of anilines is 1. The number of hydrogen-bond acceptors (Lipinski definition) is 4. The third-order valence-corrected chi connectivity index (χ3v) is 3.00. The molecular weight excluding hydrogens is 240 g/mol. The van der Waals surface area contributed by atoms with Crippen LogP contribution in [0.5, 0.6) is 0 Å². The van der Waals surface area contributed by atoms with Crippen molar-refractivity contribution in [3.63, 3.8) is 0 Å². The summed E-state index contributed by atoms with van der Waals surface area (Å²) < 4.78 is 6.87. The second-order valence-corrected chi connectivity index (χ2v) is 4.54. The van der Waals surface area contributed by atoms with E-state index in [0.717, 1.165) is 27.9 Å². The van der Waals surface area contributed by atoms with Crippen molar-refractivity contribution in [3.8, 4) is 22.4 Å². The van der Waals surface area contributed by atoms with E-state index in [0.29, 0.717) is 5.88 Å². The first kappa shape index (κ1) is 11.5. The zero-order valence-electron chi connectivity index (χ0n) is 10.8. The third-order valence-electron chi connectivity index (χ3n) is 3.00. The van der Waals surface area contributed by atoms with E-state index in [4.69, 9.17) is 10.3 Å². The number of nitrogens with two attached hydrogens (primary N) is 1. The summed E-state index contributed by atoms with van der Waals surface area (Å²) in [4.78, 5) is 0. The molecule has 0 saturated carbocycles. The van der Waals surface area contributed by atoms with Crippen LogP contribution in [0.3, 0.4) is 0 Å².